The summed E-state index contributed by atoms with van der Waals surface area (Å²) in [6.45, 7) is 26.1. The Morgan fingerprint density at radius 1 is 0.262 bits per heavy atom. The first-order valence-corrected chi connectivity index (χ1v) is 46.1. The first-order chi connectivity index (χ1) is 68.2. The monoisotopic (exact) mass is 1890 g/mol. The molecule has 0 aliphatic carbocycles. The van der Waals surface area contributed by atoms with E-state index < -0.39 is 6.36 Å². The lowest BCUT2D eigenvalue weighted by Crippen LogP contribution is -2.16. The van der Waals surface area contributed by atoms with Crippen molar-refractivity contribution in [2.75, 3.05) is 62.1 Å². The van der Waals surface area contributed by atoms with E-state index in [0.717, 1.165) is 206 Å². The van der Waals surface area contributed by atoms with E-state index in [1.165, 1.54) is 29.8 Å². The molecule has 6 heterocycles. The van der Waals surface area contributed by atoms with Crippen LogP contribution in [0.1, 0.15) is 108 Å². The van der Waals surface area contributed by atoms with Gasteiger partial charge in [0, 0.05) is 114 Å². The predicted molar refractivity (Wildman–Crippen MR) is 553 cm³/mol. The van der Waals surface area contributed by atoms with Gasteiger partial charge in [-0.2, -0.15) is 31.6 Å². The van der Waals surface area contributed by atoms with Gasteiger partial charge in [0.1, 0.15) is 88.2 Å². The van der Waals surface area contributed by atoms with Crippen LogP contribution in [0.15, 0.2) is 261 Å². The zero-order valence-electron chi connectivity index (χ0n) is 82.0. The van der Waals surface area contributed by atoms with E-state index in [2.05, 4.69) is 144 Å². The number of nitrogens with zero attached hydrogens (tertiary/aromatic N) is 12. The third-order valence-electron chi connectivity index (χ3n) is 24.6. The van der Waals surface area contributed by atoms with E-state index in [4.69, 9.17) is 43.6 Å². The van der Waals surface area contributed by atoms with Gasteiger partial charge in [-0.15, -0.1) is 13.2 Å². The minimum absolute atomic E-state index is 0.113. The van der Waals surface area contributed by atoms with Crippen LogP contribution in [-0.4, -0.2) is 90.1 Å². The number of hydrogen-bond acceptors (Lipinski definition) is 16. The summed E-state index contributed by atoms with van der Waals surface area (Å²) in [5, 5.41) is 63.7. The third kappa shape index (κ3) is 21.1. The Balaban J connectivity index is 0.000000142. The molecule has 714 valence electrons. The summed E-state index contributed by atoms with van der Waals surface area (Å²) in [5.74, 6) is 5.96. The molecule has 0 fully saturated rings. The van der Waals surface area contributed by atoms with Crippen LogP contribution in [0.2, 0.25) is 0 Å². The van der Waals surface area contributed by atoms with Crippen molar-refractivity contribution in [1.29, 1.82) is 31.6 Å². The second-order valence-corrected chi connectivity index (χ2v) is 33.3. The highest BCUT2D eigenvalue weighted by Gasteiger charge is 2.32. The Hall–Kier alpha value is -17.4. The topological polar surface area (TPSA) is 281 Å². The molecule has 18 rings (SSSR count). The molecule has 0 saturated carbocycles. The second kappa shape index (κ2) is 45.1. The van der Waals surface area contributed by atoms with Crippen LogP contribution >= 0.6 is 0 Å². The Labute approximate surface area is 819 Å². The van der Waals surface area contributed by atoms with Gasteiger partial charge in [-0.1, -0.05) is 87.5 Å². The molecule has 0 radical (unpaired) electrons. The standard InChI is InChI=1S/C22H24N2O.C20H20N2O2.C19H15F3N2O2.C19H18N2O2.C18H17N3O.C18H16N2O/c1-6-24-20-13-17(25-5)11-12-18(20)19(14-23)21(24)15-7-9-16(10-8-15)22(2,3)4;1-4-22-19-12-16(23-3)10-11-17(19)18(13-21)20(22)14-6-8-15(9-7-14)24-5-2;1-3-24-17-10-14(25-2)8-9-15(17)16(11-23)18(24)12-4-6-13(7-5-12)26-19(20,21)22;1-4-21-18-11-15(23-3)9-10-16(18)17(12-20)19(21)13-5-7-14(22-2)8-6-13;1-3-21-17-10-14(22-2)8-9-15(17)16(11-19)18(21)12-4-6-13(20)7-5-12;1-3-20-17-11-14(21-2)9-10-15(17)16(12-19)18(20)13-7-5-4-6-8-13/h7-13H,6H2,1-5H3;6-12H,4-5H2,1-3H3;4-10H,3H2,1-2H3;5-11H,4H2,1-3H3;4-10H,3,20H2,1-2H3;4-11H,3H2,1-2H3. The average molecular weight is 1890 g/mol. The molecule has 0 aliphatic heterocycles. The fourth-order valence-corrected chi connectivity index (χ4v) is 18.0. The van der Waals surface area contributed by atoms with Crippen molar-refractivity contribution >= 4 is 71.1 Å². The summed E-state index contributed by atoms with van der Waals surface area (Å²) in [6, 6.07) is 96.1. The number of aromatic nitrogens is 6. The van der Waals surface area contributed by atoms with Gasteiger partial charge in [-0.25, -0.2) is 0 Å². The SMILES string of the molecule is CCOc1ccc(-c2c(C#N)c3ccc(OC)cc3n2CC)cc1.CCn1c(-c2ccc(C(C)(C)C)cc2)c(C#N)c2ccc(OC)cc21.CCn1c(-c2ccc(N)cc2)c(C#N)c2ccc(OC)cc21.CCn1c(-c2ccc(OC(F)(F)F)cc2)c(C#N)c2ccc(OC)cc21.CCn1c(-c2ccc(OC)cc2)c(C#N)c2ccc(OC)cc21.CCn1c(-c2ccccc2)c(C#N)c2ccc(OC)cc21. The number of halogens is 3. The minimum atomic E-state index is -4.74. The zero-order valence-corrected chi connectivity index (χ0v) is 82.0. The molecule has 0 bridgehead atoms. The maximum atomic E-state index is 12.3. The molecule has 0 aliphatic rings. The van der Waals surface area contributed by atoms with Crippen LogP contribution in [0.5, 0.6) is 51.7 Å². The number of rotatable bonds is 22. The summed E-state index contributed by atoms with van der Waals surface area (Å²) < 4.78 is 96.3. The van der Waals surface area contributed by atoms with Crippen LogP contribution < -0.4 is 48.4 Å². The van der Waals surface area contributed by atoms with Crippen molar-refractivity contribution in [3.05, 3.63) is 300 Å². The molecule has 0 amide bonds. The maximum Gasteiger partial charge on any atom is 0.573 e. The predicted octanol–water partition coefficient (Wildman–Crippen LogP) is 27.4. The van der Waals surface area contributed by atoms with E-state index in [-0.39, 0.29) is 11.2 Å². The minimum Gasteiger partial charge on any atom is -0.497 e. The molecule has 2 N–H and O–H groups in total. The highest BCUT2D eigenvalue weighted by atomic mass is 19.4. The molecule has 12 aromatic carbocycles. The number of alkyl halides is 3. The number of fused-ring (bicyclic) bond motifs is 6. The number of methoxy groups -OCH3 is 7. The van der Waals surface area contributed by atoms with E-state index in [0.29, 0.717) is 58.1 Å². The number of benzene rings is 12. The van der Waals surface area contributed by atoms with E-state index in [1.807, 2.05) is 225 Å². The number of anilines is 1. The quantitative estimate of drug-likeness (QED) is 0.0617. The molecule has 0 atom stereocenters. The van der Waals surface area contributed by atoms with Crippen molar-refractivity contribution in [3.8, 4) is 156 Å². The van der Waals surface area contributed by atoms with E-state index in [1.54, 1.807) is 55.8 Å². The number of nitrogen functional groups attached to an aromatic ring is 1. The molecule has 0 unspecified atom stereocenters. The third-order valence-corrected chi connectivity index (χ3v) is 24.6. The van der Waals surface area contributed by atoms with Gasteiger partial charge >= 0.3 is 6.36 Å². The first kappa shape index (κ1) is 101. The first-order valence-electron chi connectivity index (χ1n) is 46.1. The van der Waals surface area contributed by atoms with Gasteiger partial charge in [-0.05, 0) is 251 Å². The fourth-order valence-electron chi connectivity index (χ4n) is 18.0. The van der Waals surface area contributed by atoms with Crippen LogP contribution in [0.3, 0.4) is 0 Å². The largest absolute Gasteiger partial charge is 0.573 e. The molecular weight excluding hydrogens is 1780 g/mol. The van der Waals surface area contributed by atoms with Crippen LogP contribution in [-0.2, 0) is 44.7 Å². The molecular formula is C116H110F3N13O9. The van der Waals surface area contributed by atoms with Crippen LogP contribution in [0.4, 0.5) is 18.9 Å². The van der Waals surface area contributed by atoms with Crippen molar-refractivity contribution in [2.24, 2.45) is 0 Å². The fraction of sp³-hybridized carbons (Fsp3) is 0.224. The second-order valence-electron chi connectivity index (χ2n) is 33.3. The highest BCUT2D eigenvalue weighted by Crippen LogP contribution is 2.44. The van der Waals surface area contributed by atoms with Crippen molar-refractivity contribution in [1.82, 2.24) is 27.4 Å². The Morgan fingerprint density at radius 3 is 0.674 bits per heavy atom. The summed E-state index contributed by atoms with van der Waals surface area (Å²) >= 11 is 0. The van der Waals surface area contributed by atoms with Gasteiger partial charge in [0.05, 0.1) is 157 Å². The normalized spacial score (nSPS) is 10.9. The molecule has 141 heavy (non-hydrogen) atoms. The number of nitrogens with two attached hydrogens (primary N) is 1. The van der Waals surface area contributed by atoms with Crippen molar-refractivity contribution < 1.29 is 55.8 Å². The lowest BCUT2D eigenvalue weighted by Gasteiger charge is -2.19. The van der Waals surface area contributed by atoms with Gasteiger partial charge < -0.3 is 75.8 Å². The van der Waals surface area contributed by atoms with Gasteiger partial charge in [0.2, 0.25) is 0 Å². The molecule has 25 heteroatoms. The molecule has 0 spiro atoms. The Morgan fingerprint density at radius 2 is 0.468 bits per heavy atom. The lowest BCUT2D eigenvalue weighted by atomic mass is 9.86. The van der Waals surface area contributed by atoms with Crippen LogP contribution in [0.25, 0.3) is 133 Å². The zero-order chi connectivity index (χ0) is 101. The van der Waals surface area contributed by atoms with Crippen molar-refractivity contribution in [3.63, 3.8) is 0 Å². The average Bonchev–Trinajstić information content (AvgIpc) is 1.65. The maximum absolute atomic E-state index is 12.3. The van der Waals surface area contributed by atoms with Crippen LogP contribution in [0, 0.1) is 68.0 Å². The number of hydrogen-bond donors (Lipinski definition) is 1. The molecule has 18 aromatic rings. The smallest absolute Gasteiger partial charge is 0.497 e. The Kier molecular flexibility index (Phi) is 32.3. The summed E-state index contributed by atoms with van der Waals surface area (Å²) in [5.41, 5.74) is 28.9. The number of aryl methyl sites for hydroxylation is 6. The van der Waals surface area contributed by atoms with Gasteiger partial charge in [-0.3, -0.25) is 0 Å². The lowest BCUT2D eigenvalue weighted by molar-refractivity contribution is -0.274. The molecule has 6 aromatic heterocycles. The van der Waals surface area contributed by atoms with E-state index >= 15 is 0 Å². The van der Waals surface area contributed by atoms with Crippen molar-refractivity contribution in [2.45, 2.75) is 120 Å². The van der Waals surface area contributed by atoms with E-state index in [9.17, 15) is 44.7 Å². The highest BCUT2D eigenvalue weighted by molar-refractivity contribution is 6.01. The Bertz CT molecular complexity index is 7810. The summed E-state index contributed by atoms with van der Waals surface area (Å²) in [7, 11) is 11.5. The number of ether oxygens (including phenoxy) is 9. The van der Waals surface area contributed by atoms with Gasteiger partial charge in [0.25, 0.3) is 0 Å². The summed E-state index contributed by atoms with van der Waals surface area (Å²) in [6.07, 6.45) is -4.74. The van der Waals surface area contributed by atoms with Gasteiger partial charge in [0.15, 0.2) is 0 Å². The summed E-state index contributed by atoms with van der Waals surface area (Å²) in [4.78, 5) is 0. The molecule has 22 nitrogen and oxygen atoms in total. The number of nitriles is 6. The molecule has 0 saturated heterocycles.